The zero-order valence-corrected chi connectivity index (χ0v) is 21.0. The average Bonchev–Trinajstić information content (AvgIpc) is 3.52. The van der Waals surface area contributed by atoms with Gasteiger partial charge < -0.3 is 28.6 Å². The molecular weight excluding hydrogens is 553 g/mol. The van der Waals surface area contributed by atoms with E-state index in [-0.39, 0.29) is 39.2 Å². The second-order valence-corrected chi connectivity index (χ2v) is 9.08. The van der Waals surface area contributed by atoms with Gasteiger partial charge in [-0.25, -0.2) is 14.6 Å². The summed E-state index contributed by atoms with van der Waals surface area (Å²) in [5, 5.41) is 11.7. The van der Waals surface area contributed by atoms with Crippen LogP contribution in [0.15, 0.2) is 47.7 Å². The van der Waals surface area contributed by atoms with Crippen LogP contribution in [0, 0.1) is 11.1 Å². The Morgan fingerprint density at radius 2 is 1.92 bits per heavy atom. The lowest BCUT2D eigenvalue weighted by atomic mass is 10.0. The molecule has 3 aromatic rings. The molecule has 0 radical (unpaired) electrons. The average molecular weight is 573 g/mol. The molecular formula is C24H20Cl2F2N2O8. The highest BCUT2D eigenvalue weighted by atomic mass is 35.5. The molecule has 0 aliphatic heterocycles. The van der Waals surface area contributed by atoms with Crippen molar-refractivity contribution in [1.29, 1.82) is 0 Å². The van der Waals surface area contributed by atoms with Gasteiger partial charge in [0, 0.05) is 12.0 Å². The van der Waals surface area contributed by atoms with Crippen LogP contribution in [0.1, 0.15) is 40.6 Å². The molecule has 1 aromatic carbocycles. The molecule has 0 spiro atoms. The Balaban J connectivity index is 1.58. The van der Waals surface area contributed by atoms with Crippen LogP contribution in [0.2, 0.25) is 10.0 Å². The van der Waals surface area contributed by atoms with Gasteiger partial charge in [0.1, 0.15) is 22.4 Å². The number of rotatable bonds is 12. The predicted molar refractivity (Wildman–Crippen MR) is 126 cm³/mol. The number of esters is 2. The van der Waals surface area contributed by atoms with Gasteiger partial charge in [0.15, 0.2) is 42.6 Å². The van der Waals surface area contributed by atoms with Crippen molar-refractivity contribution in [3.63, 3.8) is 0 Å². The molecule has 14 heteroatoms. The quantitative estimate of drug-likeness (QED) is 0.172. The first kappa shape index (κ1) is 27.4. The molecule has 1 atom stereocenters. The van der Waals surface area contributed by atoms with Crippen LogP contribution in [0.5, 0.6) is 11.5 Å². The lowest BCUT2D eigenvalue weighted by molar-refractivity contribution is -0.605. The van der Waals surface area contributed by atoms with Crippen molar-refractivity contribution in [1.82, 2.24) is 4.98 Å². The first-order valence-corrected chi connectivity index (χ1v) is 12.0. The van der Waals surface area contributed by atoms with Gasteiger partial charge >= 0.3 is 18.6 Å². The maximum atomic E-state index is 12.9. The number of halogens is 4. The number of hydrogen-bond donors (Lipinski definition) is 0. The zero-order valence-electron chi connectivity index (χ0n) is 19.5. The Hall–Kier alpha value is -3.64. The highest BCUT2D eigenvalue weighted by Gasteiger charge is 2.27. The van der Waals surface area contributed by atoms with Crippen LogP contribution in [-0.4, -0.2) is 36.7 Å². The molecule has 10 nitrogen and oxygen atoms in total. The maximum Gasteiger partial charge on any atom is 0.387 e. The van der Waals surface area contributed by atoms with Gasteiger partial charge in [0.05, 0.1) is 6.61 Å². The third kappa shape index (κ3) is 7.45. The van der Waals surface area contributed by atoms with Crippen LogP contribution in [-0.2, 0) is 20.7 Å². The topological polar surface area (TPSA) is 124 Å². The van der Waals surface area contributed by atoms with E-state index in [4.69, 9.17) is 41.8 Å². The number of carbonyl (C=O) groups excluding carboxylic acids is 2. The van der Waals surface area contributed by atoms with E-state index in [1.54, 1.807) is 0 Å². The van der Waals surface area contributed by atoms with Gasteiger partial charge in [0.25, 0.3) is 0 Å². The summed E-state index contributed by atoms with van der Waals surface area (Å²) in [6.45, 7) is -3.56. The van der Waals surface area contributed by atoms with Crippen LogP contribution < -0.4 is 14.2 Å². The fourth-order valence-corrected chi connectivity index (χ4v) is 3.96. The Bertz CT molecular complexity index is 1270. The van der Waals surface area contributed by atoms with Crippen molar-refractivity contribution in [3.05, 3.63) is 75.3 Å². The Kier molecular flexibility index (Phi) is 8.85. The summed E-state index contributed by atoms with van der Waals surface area (Å²) in [7, 11) is 0. The zero-order chi connectivity index (χ0) is 27.2. The summed E-state index contributed by atoms with van der Waals surface area (Å²) in [4.78, 5) is 28.2. The summed E-state index contributed by atoms with van der Waals surface area (Å²) < 4.78 is 51.7. The van der Waals surface area contributed by atoms with E-state index >= 15 is 0 Å². The van der Waals surface area contributed by atoms with Crippen molar-refractivity contribution >= 4 is 35.1 Å². The van der Waals surface area contributed by atoms with Gasteiger partial charge in [-0.2, -0.15) is 13.5 Å². The lowest BCUT2D eigenvalue weighted by Gasteiger charge is -2.21. The third-order valence-electron chi connectivity index (χ3n) is 5.41. The monoisotopic (exact) mass is 572 g/mol. The van der Waals surface area contributed by atoms with Gasteiger partial charge in [-0.3, -0.25) is 0 Å². The molecule has 1 unspecified atom stereocenters. The fraction of sp³-hybridized carbons (Fsp3) is 0.333. The van der Waals surface area contributed by atoms with E-state index in [0.29, 0.717) is 22.8 Å². The van der Waals surface area contributed by atoms with Crippen molar-refractivity contribution in [3.8, 4) is 11.5 Å². The first-order valence-electron chi connectivity index (χ1n) is 11.2. The number of hydrogen-bond acceptors (Lipinski definition) is 9. The molecule has 202 valence electrons. The molecule has 0 bridgehead atoms. The summed E-state index contributed by atoms with van der Waals surface area (Å²) >= 11 is 12.4. The van der Waals surface area contributed by atoms with Crippen LogP contribution >= 0.6 is 23.2 Å². The number of oxazole rings is 1. The molecule has 1 aliphatic rings. The largest absolute Gasteiger partial charge is 0.619 e. The number of aromatic nitrogens is 2. The van der Waals surface area contributed by atoms with Gasteiger partial charge in [-0.05, 0) is 36.5 Å². The number of nitrogens with zero attached hydrogens (tertiary/aromatic N) is 2. The van der Waals surface area contributed by atoms with E-state index < -0.39 is 31.3 Å². The standard InChI is InChI=1S/C24H20Cl2F2N2O8/c25-16-7-30(33)8-17(26)15(16)6-20(37-22(31)11-36-23(32)18-10-34-12-29-18)14-3-4-19(38-24(27)28)21(5-14)35-9-13-1-2-13/h3-5,7-8,10,12-13,20,24H,1-2,6,9,11H2. The van der Waals surface area contributed by atoms with E-state index in [2.05, 4.69) is 9.72 Å². The van der Waals surface area contributed by atoms with Gasteiger partial charge in [-0.15, -0.1) is 0 Å². The van der Waals surface area contributed by atoms with Crippen molar-refractivity contribution in [2.75, 3.05) is 13.2 Å². The van der Waals surface area contributed by atoms with E-state index in [0.717, 1.165) is 37.9 Å². The number of ether oxygens (including phenoxy) is 4. The van der Waals surface area contributed by atoms with Crippen molar-refractivity contribution in [2.24, 2.45) is 5.92 Å². The molecule has 0 amide bonds. The number of carbonyl (C=O) groups is 2. The minimum Gasteiger partial charge on any atom is -0.619 e. The smallest absolute Gasteiger partial charge is 0.387 e. The Morgan fingerprint density at radius 1 is 1.18 bits per heavy atom. The van der Waals surface area contributed by atoms with E-state index in [9.17, 15) is 23.6 Å². The molecule has 2 aromatic heterocycles. The fourth-order valence-electron chi connectivity index (χ4n) is 3.37. The van der Waals surface area contributed by atoms with E-state index in [1.807, 2.05) is 0 Å². The Morgan fingerprint density at radius 3 is 2.55 bits per heavy atom. The molecule has 38 heavy (non-hydrogen) atoms. The summed E-state index contributed by atoms with van der Waals surface area (Å²) in [6, 6.07) is 4.06. The van der Waals surface area contributed by atoms with E-state index in [1.165, 1.54) is 18.2 Å². The molecule has 0 saturated heterocycles. The third-order valence-corrected chi connectivity index (χ3v) is 6.06. The van der Waals surface area contributed by atoms with Gasteiger partial charge in [0.2, 0.25) is 0 Å². The molecule has 0 N–H and O–H groups in total. The molecule has 1 aliphatic carbocycles. The highest BCUT2D eigenvalue weighted by molar-refractivity contribution is 6.35. The Labute approximate surface area is 224 Å². The van der Waals surface area contributed by atoms with Crippen LogP contribution in [0.4, 0.5) is 8.78 Å². The number of alkyl halides is 2. The molecule has 1 saturated carbocycles. The SMILES string of the molecule is O=C(COC(=O)c1cocn1)OC(Cc1c(Cl)c[n+]([O-])cc1Cl)c1ccc(OC(F)F)c(OCC2CC2)c1. The maximum absolute atomic E-state index is 12.9. The van der Waals surface area contributed by atoms with Crippen molar-refractivity contribution < 1.29 is 46.5 Å². The lowest BCUT2D eigenvalue weighted by Crippen LogP contribution is -2.26. The number of benzene rings is 1. The highest BCUT2D eigenvalue weighted by Crippen LogP contribution is 2.37. The van der Waals surface area contributed by atoms with Gasteiger partial charge in [-0.1, -0.05) is 29.3 Å². The normalized spacial score (nSPS) is 13.7. The molecule has 2 heterocycles. The minimum absolute atomic E-state index is 0.00821. The van der Waals surface area contributed by atoms with Crippen LogP contribution in [0.3, 0.4) is 0 Å². The second kappa shape index (κ2) is 12.3. The molecule has 4 rings (SSSR count). The molecule has 1 fully saturated rings. The predicted octanol–water partition coefficient (Wildman–Crippen LogP) is 4.69. The summed E-state index contributed by atoms with van der Waals surface area (Å²) in [5.74, 6) is -1.71. The minimum atomic E-state index is -3.09. The summed E-state index contributed by atoms with van der Waals surface area (Å²) in [5.41, 5.74) is 0.459. The first-order chi connectivity index (χ1) is 18.2. The number of pyridine rings is 1. The second-order valence-electron chi connectivity index (χ2n) is 8.26. The van der Waals surface area contributed by atoms with Crippen LogP contribution in [0.25, 0.3) is 0 Å². The van der Waals surface area contributed by atoms with Crippen molar-refractivity contribution in [2.45, 2.75) is 32.0 Å². The summed E-state index contributed by atoms with van der Waals surface area (Å²) in [6.07, 6.45) is 4.92.